The van der Waals surface area contributed by atoms with Gasteiger partial charge < -0.3 is 4.90 Å². The fraction of sp³-hybridized carbons (Fsp3) is 0.300. The van der Waals surface area contributed by atoms with Crippen LogP contribution in [0.15, 0.2) is 54.6 Å². The molecule has 0 aliphatic carbocycles. The Morgan fingerprint density at radius 3 is 2.12 bits per heavy atom. The summed E-state index contributed by atoms with van der Waals surface area (Å²) in [7, 11) is 0. The highest BCUT2D eigenvalue weighted by Gasteiger charge is 2.29. The molecule has 0 bridgehead atoms. The summed E-state index contributed by atoms with van der Waals surface area (Å²) in [6.45, 7) is 5.89. The van der Waals surface area contributed by atoms with E-state index in [2.05, 4.69) is 0 Å². The van der Waals surface area contributed by atoms with Crippen LogP contribution in [0, 0.1) is 5.41 Å². The lowest BCUT2D eigenvalue weighted by molar-refractivity contribution is -0.139. The summed E-state index contributed by atoms with van der Waals surface area (Å²) in [5.41, 5.74) is 0.860. The molecule has 2 aromatic carbocycles. The number of carbonyl (C=O) groups excluding carboxylic acids is 2. The smallest absolute Gasteiger partial charge is 0.228 e. The Morgan fingerprint density at radius 1 is 0.958 bits per heavy atom. The zero-order valence-electron chi connectivity index (χ0n) is 14.3. The highest BCUT2D eigenvalue weighted by atomic mass is 35.5. The van der Waals surface area contributed by atoms with Crippen molar-refractivity contribution in [2.24, 2.45) is 5.41 Å². The molecule has 0 saturated heterocycles. The standard InChI is InChI=1S/C20H22ClNO2/c1-20(2,3)19(24)22(13-16-11-7-8-12-17(16)21)14-18(23)15-9-5-4-6-10-15/h4-12H,13-14H2,1-3H3. The number of benzene rings is 2. The van der Waals surface area contributed by atoms with Crippen LogP contribution in [0.2, 0.25) is 5.02 Å². The first-order valence-electron chi connectivity index (χ1n) is 7.90. The molecule has 0 atom stereocenters. The van der Waals surface area contributed by atoms with E-state index in [-0.39, 0.29) is 18.2 Å². The van der Waals surface area contributed by atoms with Crippen LogP contribution in [0.5, 0.6) is 0 Å². The summed E-state index contributed by atoms with van der Waals surface area (Å²) >= 11 is 6.22. The number of hydrogen-bond donors (Lipinski definition) is 0. The summed E-state index contributed by atoms with van der Waals surface area (Å²) in [5, 5.41) is 0.594. The van der Waals surface area contributed by atoms with Crippen LogP contribution in [0.4, 0.5) is 0 Å². The van der Waals surface area contributed by atoms with Gasteiger partial charge in [0.05, 0.1) is 6.54 Å². The molecule has 0 spiro atoms. The van der Waals surface area contributed by atoms with Gasteiger partial charge >= 0.3 is 0 Å². The molecule has 24 heavy (non-hydrogen) atoms. The van der Waals surface area contributed by atoms with Gasteiger partial charge in [-0.2, -0.15) is 0 Å². The zero-order chi connectivity index (χ0) is 17.7. The van der Waals surface area contributed by atoms with Gasteiger partial charge in [0.1, 0.15) is 0 Å². The number of carbonyl (C=O) groups is 2. The van der Waals surface area contributed by atoms with Gasteiger partial charge in [-0.3, -0.25) is 9.59 Å². The van der Waals surface area contributed by atoms with Crippen LogP contribution in [0.3, 0.4) is 0 Å². The average molecular weight is 344 g/mol. The van der Waals surface area contributed by atoms with Crippen LogP contribution in [-0.4, -0.2) is 23.1 Å². The molecule has 0 saturated carbocycles. The minimum absolute atomic E-state index is 0.0331. The van der Waals surface area contributed by atoms with Gasteiger partial charge in [0.2, 0.25) is 5.91 Å². The number of nitrogens with zero attached hydrogens (tertiary/aromatic N) is 1. The summed E-state index contributed by atoms with van der Waals surface area (Å²) < 4.78 is 0. The first-order valence-corrected chi connectivity index (χ1v) is 8.28. The van der Waals surface area contributed by atoms with Crippen molar-refractivity contribution in [2.75, 3.05) is 6.54 Å². The second kappa shape index (κ2) is 7.63. The number of rotatable bonds is 5. The van der Waals surface area contributed by atoms with Gasteiger partial charge in [0.25, 0.3) is 0 Å². The van der Waals surface area contributed by atoms with Crippen LogP contribution >= 0.6 is 11.6 Å². The maximum absolute atomic E-state index is 12.8. The van der Waals surface area contributed by atoms with Crippen LogP contribution in [0.25, 0.3) is 0 Å². The van der Waals surface area contributed by atoms with Crippen LogP contribution in [0.1, 0.15) is 36.7 Å². The fourth-order valence-corrected chi connectivity index (χ4v) is 2.59. The first-order chi connectivity index (χ1) is 11.3. The fourth-order valence-electron chi connectivity index (χ4n) is 2.39. The van der Waals surface area contributed by atoms with Gasteiger partial charge in [0.15, 0.2) is 5.78 Å². The number of Topliss-reactive ketones (excluding diaryl/α,β-unsaturated/α-hetero) is 1. The third-order valence-electron chi connectivity index (χ3n) is 3.68. The summed E-state index contributed by atoms with van der Waals surface area (Å²) in [6, 6.07) is 16.4. The normalized spacial score (nSPS) is 11.2. The molecular weight excluding hydrogens is 322 g/mol. The predicted molar refractivity (Wildman–Crippen MR) is 97.1 cm³/mol. The number of halogens is 1. The monoisotopic (exact) mass is 343 g/mol. The third-order valence-corrected chi connectivity index (χ3v) is 4.05. The molecule has 2 rings (SSSR count). The third kappa shape index (κ3) is 4.68. The number of hydrogen-bond acceptors (Lipinski definition) is 2. The topological polar surface area (TPSA) is 37.4 Å². The van der Waals surface area contributed by atoms with Crippen molar-refractivity contribution in [3.05, 3.63) is 70.7 Å². The van der Waals surface area contributed by atoms with E-state index in [0.717, 1.165) is 5.56 Å². The van der Waals surface area contributed by atoms with E-state index in [0.29, 0.717) is 17.1 Å². The molecule has 126 valence electrons. The Labute approximate surface area is 148 Å². The van der Waals surface area contributed by atoms with Gasteiger partial charge in [-0.1, -0.05) is 80.9 Å². The summed E-state index contributed by atoms with van der Waals surface area (Å²) in [5.74, 6) is -0.160. The highest BCUT2D eigenvalue weighted by Crippen LogP contribution is 2.22. The quantitative estimate of drug-likeness (QED) is 0.744. The Balaban J connectivity index is 2.25. The minimum Gasteiger partial charge on any atom is -0.330 e. The Bertz CT molecular complexity index is 720. The highest BCUT2D eigenvalue weighted by molar-refractivity contribution is 6.31. The second-order valence-corrected chi connectivity index (χ2v) is 7.20. The van der Waals surface area contributed by atoms with E-state index in [9.17, 15) is 9.59 Å². The molecule has 2 aromatic rings. The van der Waals surface area contributed by atoms with E-state index in [4.69, 9.17) is 11.6 Å². The molecule has 0 heterocycles. The number of ketones is 1. The minimum atomic E-state index is -0.571. The van der Waals surface area contributed by atoms with Crippen molar-refractivity contribution in [3.8, 4) is 0 Å². The van der Waals surface area contributed by atoms with Gasteiger partial charge in [-0.25, -0.2) is 0 Å². The maximum Gasteiger partial charge on any atom is 0.228 e. The van der Waals surface area contributed by atoms with Crippen LogP contribution in [-0.2, 0) is 11.3 Å². The van der Waals surface area contributed by atoms with E-state index < -0.39 is 5.41 Å². The first kappa shape index (κ1) is 18.2. The molecule has 3 nitrogen and oxygen atoms in total. The zero-order valence-corrected chi connectivity index (χ0v) is 15.0. The molecule has 4 heteroatoms. The van der Waals surface area contributed by atoms with Crippen molar-refractivity contribution in [1.82, 2.24) is 4.90 Å². The number of amides is 1. The van der Waals surface area contributed by atoms with Crippen molar-refractivity contribution < 1.29 is 9.59 Å². The van der Waals surface area contributed by atoms with E-state index >= 15 is 0 Å². The molecule has 0 aliphatic rings. The molecular formula is C20H22ClNO2. The molecule has 0 aliphatic heterocycles. The van der Waals surface area contributed by atoms with Crippen molar-refractivity contribution >= 4 is 23.3 Å². The predicted octanol–water partition coefficient (Wildman–Crippen LogP) is 4.60. The van der Waals surface area contributed by atoms with E-state index in [1.54, 1.807) is 23.1 Å². The lowest BCUT2D eigenvalue weighted by Crippen LogP contribution is -2.42. The molecule has 0 unspecified atom stereocenters. The Kier molecular flexibility index (Phi) is 5.79. The van der Waals surface area contributed by atoms with E-state index in [1.807, 2.05) is 57.2 Å². The van der Waals surface area contributed by atoms with E-state index in [1.165, 1.54) is 0 Å². The average Bonchev–Trinajstić information content (AvgIpc) is 2.55. The molecule has 0 fully saturated rings. The van der Waals surface area contributed by atoms with Crippen LogP contribution < -0.4 is 0 Å². The lowest BCUT2D eigenvalue weighted by Gasteiger charge is -2.29. The Hall–Kier alpha value is -2.13. The van der Waals surface area contributed by atoms with Gasteiger partial charge in [-0.05, 0) is 11.6 Å². The van der Waals surface area contributed by atoms with Gasteiger partial charge in [-0.15, -0.1) is 0 Å². The lowest BCUT2D eigenvalue weighted by atomic mass is 9.94. The maximum atomic E-state index is 12.8. The molecule has 0 radical (unpaired) electrons. The molecule has 1 amide bonds. The molecule has 0 aromatic heterocycles. The second-order valence-electron chi connectivity index (χ2n) is 6.79. The Morgan fingerprint density at radius 2 is 1.54 bits per heavy atom. The van der Waals surface area contributed by atoms with Crippen molar-refractivity contribution in [3.63, 3.8) is 0 Å². The van der Waals surface area contributed by atoms with Crippen molar-refractivity contribution in [2.45, 2.75) is 27.3 Å². The van der Waals surface area contributed by atoms with Crippen molar-refractivity contribution in [1.29, 1.82) is 0 Å². The molecule has 0 N–H and O–H groups in total. The SMILES string of the molecule is CC(C)(C)C(=O)N(CC(=O)c1ccccc1)Cc1ccccc1Cl. The van der Waals surface area contributed by atoms with Gasteiger partial charge in [0, 0.05) is 22.5 Å². The summed E-state index contributed by atoms with van der Waals surface area (Å²) in [6.07, 6.45) is 0. The summed E-state index contributed by atoms with van der Waals surface area (Å²) in [4.78, 5) is 26.9. The largest absolute Gasteiger partial charge is 0.330 e.